The highest BCUT2D eigenvalue weighted by Gasteiger charge is 2.13. The van der Waals surface area contributed by atoms with Crippen molar-refractivity contribution in [3.63, 3.8) is 0 Å². The second kappa shape index (κ2) is 4.24. The number of hydrogen-bond donors (Lipinski definition) is 1. The van der Waals surface area contributed by atoms with Crippen LogP contribution in [0.4, 0.5) is 10.1 Å². The zero-order valence-electron chi connectivity index (χ0n) is 9.84. The van der Waals surface area contributed by atoms with Crippen LogP contribution in [0.3, 0.4) is 0 Å². The van der Waals surface area contributed by atoms with Gasteiger partial charge in [0, 0.05) is 11.8 Å². The summed E-state index contributed by atoms with van der Waals surface area (Å²) >= 11 is 0. The number of hydrogen-bond acceptors (Lipinski definition) is 4. The van der Waals surface area contributed by atoms with Crippen LogP contribution in [0.15, 0.2) is 45.7 Å². The molecule has 2 N–H and O–H groups in total. The van der Waals surface area contributed by atoms with E-state index in [9.17, 15) is 9.18 Å². The van der Waals surface area contributed by atoms with Gasteiger partial charge in [0.15, 0.2) is 17.0 Å². The maximum Gasteiger partial charge on any atom is 0.421 e. The molecule has 0 bridgehead atoms. The average molecular weight is 259 g/mol. The maximum absolute atomic E-state index is 13.8. The third kappa shape index (κ3) is 1.87. The number of benzene rings is 1. The van der Waals surface area contributed by atoms with Gasteiger partial charge in [-0.1, -0.05) is 12.1 Å². The van der Waals surface area contributed by atoms with Gasteiger partial charge in [0.2, 0.25) is 0 Å². The van der Waals surface area contributed by atoms with E-state index in [2.05, 4.69) is 4.98 Å². The lowest BCUT2D eigenvalue weighted by Crippen LogP contribution is -2.16. The van der Waals surface area contributed by atoms with E-state index in [1.807, 2.05) is 0 Å². The topological polar surface area (TPSA) is 74.0 Å². The van der Waals surface area contributed by atoms with E-state index in [0.717, 1.165) is 0 Å². The quantitative estimate of drug-likeness (QED) is 0.711. The third-order valence-electron chi connectivity index (χ3n) is 2.86. The van der Waals surface area contributed by atoms with Crippen molar-refractivity contribution in [2.75, 3.05) is 5.73 Å². The second-order valence-corrected chi connectivity index (χ2v) is 4.10. The molecule has 6 heteroatoms. The summed E-state index contributed by atoms with van der Waals surface area (Å²) in [6.45, 7) is 0.0275. The molecule has 0 fully saturated rings. The number of nitrogens with two attached hydrogens (primary N) is 1. The normalized spacial score (nSPS) is 11.0. The Morgan fingerprint density at radius 3 is 3.00 bits per heavy atom. The highest BCUT2D eigenvalue weighted by atomic mass is 19.1. The molecule has 0 saturated carbocycles. The maximum atomic E-state index is 13.8. The van der Waals surface area contributed by atoms with Crippen LogP contribution < -0.4 is 11.5 Å². The SMILES string of the molecule is Nc1cccc(Cn2c(=O)oc3cccnc32)c1F. The molecule has 3 rings (SSSR count). The van der Waals surface area contributed by atoms with Gasteiger partial charge in [-0.15, -0.1) is 0 Å². The molecule has 0 aliphatic rings. The number of rotatable bonds is 2. The summed E-state index contributed by atoms with van der Waals surface area (Å²) < 4.78 is 20.1. The van der Waals surface area contributed by atoms with Gasteiger partial charge in [0.05, 0.1) is 12.2 Å². The van der Waals surface area contributed by atoms with Gasteiger partial charge in [-0.05, 0) is 18.2 Å². The third-order valence-corrected chi connectivity index (χ3v) is 2.86. The van der Waals surface area contributed by atoms with Crippen LogP contribution in [0.5, 0.6) is 0 Å². The van der Waals surface area contributed by atoms with Crippen LogP contribution in [0.1, 0.15) is 5.56 Å². The van der Waals surface area contributed by atoms with Gasteiger partial charge in [0.1, 0.15) is 0 Å². The summed E-state index contributed by atoms with van der Waals surface area (Å²) in [6.07, 6.45) is 1.55. The van der Waals surface area contributed by atoms with E-state index in [1.165, 1.54) is 10.6 Å². The van der Waals surface area contributed by atoms with Crippen molar-refractivity contribution in [1.82, 2.24) is 9.55 Å². The van der Waals surface area contributed by atoms with E-state index >= 15 is 0 Å². The minimum atomic E-state index is -0.574. The Morgan fingerprint density at radius 1 is 1.32 bits per heavy atom. The minimum absolute atomic E-state index is 0.0275. The van der Waals surface area contributed by atoms with Crippen molar-refractivity contribution in [3.05, 3.63) is 58.5 Å². The first-order valence-corrected chi connectivity index (χ1v) is 5.64. The first-order valence-electron chi connectivity index (χ1n) is 5.64. The van der Waals surface area contributed by atoms with Crippen molar-refractivity contribution in [2.24, 2.45) is 0 Å². The van der Waals surface area contributed by atoms with Gasteiger partial charge < -0.3 is 10.2 Å². The van der Waals surface area contributed by atoms with Gasteiger partial charge >= 0.3 is 5.76 Å². The summed E-state index contributed by atoms with van der Waals surface area (Å²) in [4.78, 5) is 15.8. The van der Waals surface area contributed by atoms with Crippen LogP contribution in [0, 0.1) is 5.82 Å². The van der Waals surface area contributed by atoms with E-state index < -0.39 is 11.6 Å². The molecule has 0 spiro atoms. The Balaban J connectivity index is 2.13. The number of halogens is 1. The van der Waals surface area contributed by atoms with Gasteiger partial charge in [0.25, 0.3) is 0 Å². The van der Waals surface area contributed by atoms with Crippen LogP contribution >= 0.6 is 0 Å². The molecule has 0 saturated heterocycles. The molecule has 2 aromatic heterocycles. The molecule has 0 radical (unpaired) electrons. The summed E-state index contributed by atoms with van der Waals surface area (Å²) in [5.74, 6) is -1.10. The monoisotopic (exact) mass is 259 g/mol. The van der Waals surface area contributed by atoms with E-state index in [0.29, 0.717) is 16.8 Å². The van der Waals surface area contributed by atoms with Crippen molar-refractivity contribution in [1.29, 1.82) is 0 Å². The summed E-state index contributed by atoms with van der Waals surface area (Å²) in [6, 6.07) is 7.97. The zero-order valence-corrected chi connectivity index (χ0v) is 9.84. The molecule has 2 heterocycles. The van der Waals surface area contributed by atoms with Crippen LogP contribution in [0.25, 0.3) is 11.2 Å². The lowest BCUT2D eigenvalue weighted by Gasteiger charge is -2.05. The molecule has 96 valence electrons. The molecule has 3 aromatic rings. The predicted molar refractivity (Wildman–Crippen MR) is 68.2 cm³/mol. The molecule has 0 amide bonds. The number of oxazole rings is 1. The number of nitrogens with zero attached hydrogens (tertiary/aromatic N) is 2. The Bertz CT molecular complexity index is 807. The second-order valence-electron chi connectivity index (χ2n) is 4.10. The van der Waals surface area contributed by atoms with Crippen LogP contribution in [-0.2, 0) is 6.54 Å². The van der Waals surface area contributed by atoms with Gasteiger partial charge in [-0.25, -0.2) is 14.2 Å². The fraction of sp³-hybridized carbons (Fsp3) is 0.0769. The summed E-state index contributed by atoms with van der Waals surface area (Å²) in [5, 5.41) is 0. The number of fused-ring (bicyclic) bond motifs is 1. The molecular weight excluding hydrogens is 249 g/mol. The minimum Gasteiger partial charge on any atom is -0.406 e. The molecule has 1 aromatic carbocycles. The molecular formula is C13H10FN3O2. The first-order chi connectivity index (χ1) is 9.16. The van der Waals surface area contributed by atoms with E-state index in [1.54, 1.807) is 30.5 Å². The number of anilines is 1. The Kier molecular flexibility index (Phi) is 2.56. The lowest BCUT2D eigenvalue weighted by molar-refractivity contribution is 0.512. The smallest absolute Gasteiger partial charge is 0.406 e. The highest BCUT2D eigenvalue weighted by Crippen LogP contribution is 2.17. The standard InChI is InChI=1S/C13H10FN3O2/c14-11-8(3-1-4-9(11)15)7-17-12-10(19-13(17)18)5-2-6-16-12/h1-6H,7,15H2. The summed E-state index contributed by atoms with van der Waals surface area (Å²) in [7, 11) is 0. The molecule has 0 aliphatic heterocycles. The van der Waals surface area contributed by atoms with Crippen molar-refractivity contribution in [2.45, 2.75) is 6.54 Å². The average Bonchev–Trinajstić information content (AvgIpc) is 2.72. The Labute approximate surface area is 107 Å². The largest absolute Gasteiger partial charge is 0.421 e. The van der Waals surface area contributed by atoms with Crippen LogP contribution in [-0.4, -0.2) is 9.55 Å². The highest BCUT2D eigenvalue weighted by molar-refractivity contribution is 5.67. The predicted octanol–water partition coefficient (Wildman–Crippen LogP) is 1.76. The fourth-order valence-electron chi connectivity index (χ4n) is 1.93. The molecule has 0 aliphatic carbocycles. The first kappa shape index (κ1) is 11.5. The fourth-order valence-corrected chi connectivity index (χ4v) is 1.93. The van der Waals surface area contributed by atoms with Crippen molar-refractivity contribution in [3.8, 4) is 0 Å². The zero-order chi connectivity index (χ0) is 13.4. The number of pyridine rings is 1. The molecule has 0 atom stereocenters. The van der Waals surface area contributed by atoms with Gasteiger partial charge in [-0.3, -0.25) is 4.57 Å². The van der Waals surface area contributed by atoms with Crippen molar-refractivity contribution < 1.29 is 8.81 Å². The number of aromatic nitrogens is 2. The molecule has 5 nitrogen and oxygen atoms in total. The van der Waals surface area contributed by atoms with Crippen LogP contribution in [0.2, 0.25) is 0 Å². The molecule has 0 unspecified atom stereocenters. The number of nitrogen functional groups attached to an aromatic ring is 1. The van der Waals surface area contributed by atoms with Crippen molar-refractivity contribution >= 4 is 16.9 Å². The Morgan fingerprint density at radius 2 is 2.16 bits per heavy atom. The summed E-state index contributed by atoms with van der Waals surface area (Å²) in [5.41, 5.74) is 6.62. The molecule has 19 heavy (non-hydrogen) atoms. The van der Waals surface area contributed by atoms with E-state index in [-0.39, 0.29) is 12.2 Å². The Hall–Kier alpha value is -2.63. The van der Waals surface area contributed by atoms with Gasteiger partial charge in [-0.2, -0.15) is 0 Å². The van der Waals surface area contributed by atoms with E-state index in [4.69, 9.17) is 10.2 Å². The lowest BCUT2D eigenvalue weighted by atomic mass is 10.2.